The molecule has 1 saturated carbocycles. The van der Waals surface area contributed by atoms with Crippen LogP contribution in [0, 0.1) is 0 Å². The first-order chi connectivity index (χ1) is 11.8. The summed E-state index contributed by atoms with van der Waals surface area (Å²) in [5.74, 6) is 1.64. The molecule has 5 heteroatoms. The first-order valence-corrected chi connectivity index (χ1v) is 9.33. The number of aromatic nitrogens is 3. The molecule has 24 heavy (non-hydrogen) atoms. The lowest BCUT2D eigenvalue weighted by atomic mass is 9.88. The molecular weight excluding hydrogens is 320 g/mol. The standard InChI is InChI=1S/C19H23ClN4/c20-18-7-6-14(10-21-18)12-24-9-8-16-11-22-19(23-17(16)13-24)15-4-2-1-3-5-15/h6-7,10-11,15H,1-5,8-9,12-13H2. The summed E-state index contributed by atoms with van der Waals surface area (Å²) in [7, 11) is 0. The summed E-state index contributed by atoms with van der Waals surface area (Å²) < 4.78 is 0. The number of fused-ring (bicyclic) bond motifs is 1. The van der Waals surface area contributed by atoms with Crippen LogP contribution in [0.3, 0.4) is 0 Å². The van der Waals surface area contributed by atoms with E-state index in [-0.39, 0.29) is 0 Å². The molecule has 2 aromatic rings. The largest absolute Gasteiger partial charge is 0.293 e. The maximum absolute atomic E-state index is 5.87. The van der Waals surface area contributed by atoms with Crippen molar-refractivity contribution < 1.29 is 0 Å². The predicted molar refractivity (Wildman–Crippen MR) is 94.9 cm³/mol. The first-order valence-electron chi connectivity index (χ1n) is 8.95. The number of hydrogen-bond donors (Lipinski definition) is 0. The van der Waals surface area contributed by atoms with E-state index in [1.807, 2.05) is 12.3 Å². The van der Waals surface area contributed by atoms with Crippen molar-refractivity contribution in [3.8, 4) is 0 Å². The highest BCUT2D eigenvalue weighted by molar-refractivity contribution is 6.29. The normalized spacial score (nSPS) is 19.2. The molecular formula is C19H23ClN4. The molecule has 0 N–H and O–H groups in total. The maximum Gasteiger partial charge on any atom is 0.131 e. The van der Waals surface area contributed by atoms with Crippen molar-refractivity contribution >= 4 is 11.6 Å². The van der Waals surface area contributed by atoms with Crippen LogP contribution in [0.25, 0.3) is 0 Å². The van der Waals surface area contributed by atoms with Crippen LogP contribution in [0.4, 0.5) is 0 Å². The van der Waals surface area contributed by atoms with E-state index in [9.17, 15) is 0 Å². The molecule has 4 nitrogen and oxygen atoms in total. The smallest absolute Gasteiger partial charge is 0.131 e. The van der Waals surface area contributed by atoms with E-state index in [4.69, 9.17) is 16.6 Å². The minimum atomic E-state index is 0.549. The lowest BCUT2D eigenvalue weighted by molar-refractivity contribution is 0.240. The highest BCUT2D eigenvalue weighted by Crippen LogP contribution is 2.31. The fraction of sp³-hybridized carbons (Fsp3) is 0.526. The highest BCUT2D eigenvalue weighted by atomic mass is 35.5. The Balaban J connectivity index is 1.47. The van der Waals surface area contributed by atoms with Gasteiger partial charge in [0.05, 0.1) is 5.69 Å². The van der Waals surface area contributed by atoms with Crippen molar-refractivity contribution in [2.45, 2.75) is 57.5 Å². The van der Waals surface area contributed by atoms with Crippen LogP contribution in [0.5, 0.6) is 0 Å². The minimum absolute atomic E-state index is 0.549. The molecule has 0 radical (unpaired) electrons. The van der Waals surface area contributed by atoms with Crippen LogP contribution in [0.2, 0.25) is 5.15 Å². The number of hydrogen-bond acceptors (Lipinski definition) is 4. The molecule has 0 atom stereocenters. The van der Waals surface area contributed by atoms with Gasteiger partial charge in [0, 0.05) is 37.9 Å². The topological polar surface area (TPSA) is 41.9 Å². The van der Waals surface area contributed by atoms with Crippen LogP contribution in [0.1, 0.15) is 60.7 Å². The molecule has 1 aliphatic heterocycles. The first kappa shape index (κ1) is 16.0. The fourth-order valence-corrected chi connectivity index (χ4v) is 3.94. The van der Waals surface area contributed by atoms with E-state index in [1.54, 1.807) is 0 Å². The van der Waals surface area contributed by atoms with Crippen molar-refractivity contribution in [1.29, 1.82) is 0 Å². The Kier molecular flexibility index (Phi) is 4.76. The van der Waals surface area contributed by atoms with Crippen molar-refractivity contribution in [2.75, 3.05) is 6.54 Å². The van der Waals surface area contributed by atoms with Gasteiger partial charge in [0.1, 0.15) is 11.0 Å². The summed E-state index contributed by atoms with van der Waals surface area (Å²) in [6.45, 7) is 2.84. The third-order valence-corrected chi connectivity index (χ3v) is 5.43. The van der Waals surface area contributed by atoms with Crippen LogP contribution < -0.4 is 0 Å². The maximum atomic E-state index is 5.87. The van der Waals surface area contributed by atoms with E-state index < -0.39 is 0 Å². The number of rotatable bonds is 3. The summed E-state index contributed by atoms with van der Waals surface area (Å²) in [5.41, 5.74) is 3.74. The summed E-state index contributed by atoms with van der Waals surface area (Å²) in [6.07, 6.45) is 11.5. The van der Waals surface area contributed by atoms with Gasteiger partial charge in [-0.3, -0.25) is 4.90 Å². The van der Waals surface area contributed by atoms with Gasteiger partial charge < -0.3 is 0 Å². The van der Waals surface area contributed by atoms with Gasteiger partial charge in [-0.1, -0.05) is 36.9 Å². The zero-order valence-electron chi connectivity index (χ0n) is 13.9. The van der Waals surface area contributed by atoms with Crippen molar-refractivity contribution in [3.05, 3.63) is 52.3 Å². The third kappa shape index (κ3) is 3.60. The van der Waals surface area contributed by atoms with Gasteiger partial charge in [-0.25, -0.2) is 15.0 Å². The SMILES string of the molecule is Clc1ccc(CN2CCc3cnc(C4CCCCC4)nc3C2)cn1. The van der Waals surface area contributed by atoms with Crippen LogP contribution >= 0.6 is 11.6 Å². The molecule has 3 heterocycles. The zero-order valence-corrected chi connectivity index (χ0v) is 14.7. The van der Waals surface area contributed by atoms with E-state index >= 15 is 0 Å². The molecule has 2 aliphatic rings. The Morgan fingerprint density at radius 1 is 1.08 bits per heavy atom. The average molecular weight is 343 g/mol. The molecule has 1 fully saturated rings. The summed E-state index contributed by atoms with van der Waals surface area (Å²) >= 11 is 5.87. The fourth-order valence-electron chi connectivity index (χ4n) is 3.82. The molecule has 0 spiro atoms. The van der Waals surface area contributed by atoms with E-state index in [0.717, 1.165) is 31.9 Å². The molecule has 0 aromatic carbocycles. The van der Waals surface area contributed by atoms with Gasteiger partial charge >= 0.3 is 0 Å². The predicted octanol–water partition coefficient (Wildman–Crippen LogP) is 4.13. The van der Waals surface area contributed by atoms with Crippen molar-refractivity contribution in [2.24, 2.45) is 0 Å². The Morgan fingerprint density at radius 3 is 2.75 bits per heavy atom. The summed E-state index contributed by atoms with van der Waals surface area (Å²) in [6, 6.07) is 3.91. The molecule has 0 unspecified atom stereocenters. The number of pyridine rings is 1. The van der Waals surface area contributed by atoms with Gasteiger partial charge in [-0.05, 0) is 36.5 Å². The highest BCUT2D eigenvalue weighted by Gasteiger charge is 2.22. The molecule has 126 valence electrons. The lowest BCUT2D eigenvalue weighted by Crippen LogP contribution is -2.31. The quantitative estimate of drug-likeness (QED) is 0.786. The second kappa shape index (κ2) is 7.16. The number of nitrogens with zero attached hydrogens (tertiary/aromatic N) is 4. The Bertz CT molecular complexity index is 695. The molecule has 4 rings (SSSR count). The van der Waals surface area contributed by atoms with Gasteiger partial charge in [0.15, 0.2) is 0 Å². The second-order valence-corrected chi connectivity index (χ2v) is 7.37. The van der Waals surface area contributed by atoms with Crippen LogP contribution in [0.15, 0.2) is 24.5 Å². The molecule has 2 aromatic heterocycles. The van der Waals surface area contributed by atoms with E-state index in [0.29, 0.717) is 11.1 Å². The van der Waals surface area contributed by atoms with Crippen LogP contribution in [-0.4, -0.2) is 26.4 Å². The van der Waals surface area contributed by atoms with Gasteiger partial charge in [0.2, 0.25) is 0 Å². The average Bonchev–Trinajstić information content (AvgIpc) is 2.64. The van der Waals surface area contributed by atoms with Crippen molar-refractivity contribution in [1.82, 2.24) is 19.9 Å². The Labute approximate surface area is 148 Å². The zero-order chi connectivity index (χ0) is 16.4. The molecule has 1 aliphatic carbocycles. The van der Waals surface area contributed by atoms with Crippen LogP contribution in [-0.2, 0) is 19.5 Å². The van der Waals surface area contributed by atoms with E-state index in [2.05, 4.69) is 27.1 Å². The summed E-state index contributed by atoms with van der Waals surface area (Å²) in [4.78, 5) is 16.2. The van der Waals surface area contributed by atoms with Gasteiger partial charge in [-0.2, -0.15) is 0 Å². The minimum Gasteiger partial charge on any atom is -0.293 e. The van der Waals surface area contributed by atoms with Gasteiger partial charge in [0.25, 0.3) is 0 Å². The second-order valence-electron chi connectivity index (χ2n) is 6.98. The monoisotopic (exact) mass is 342 g/mol. The van der Waals surface area contributed by atoms with Gasteiger partial charge in [-0.15, -0.1) is 0 Å². The van der Waals surface area contributed by atoms with E-state index in [1.165, 1.54) is 48.9 Å². The molecule has 0 bridgehead atoms. The molecule has 0 saturated heterocycles. The van der Waals surface area contributed by atoms with Crippen molar-refractivity contribution in [3.63, 3.8) is 0 Å². The Morgan fingerprint density at radius 2 is 1.96 bits per heavy atom. The molecule has 0 amide bonds. The Hall–Kier alpha value is -1.52. The summed E-state index contributed by atoms with van der Waals surface area (Å²) in [5, 5.41) is 0.549. The number of halogens is 1. The third-order valence-electron chi connectivity index (χ3n) is 5.21. The lowest BCUT2D eigenvalue weighted by Gasteiger charge is -2.29.